The summed E-state index contributed by atoms with van der Waals surface area (Å²) >= 11 is 0. The molecule has 2 aromatic carbocycles. The fourth-order valence-electron chi connectivity index (χ4n) is 3.58. The van der Waals surface area contributed by atoms with Gasteiger partial charge in [0.2, 0.25) is 5.95 Å². The molecule has 6 nitrogen and oxygen atoms in total. The number of ether oxygens (including phenoxy) is 1. The Morgan fingerprint density at radius 3 is 2.75 bits per heavy atom. The zero-order valence-electron chi connectivity index (χ0n) is 16.1. The lowest BCUT2D eigenvalue weighted by Crippen LogP contribution is -2.40. The van der Waals surface area contributed by atoms with Gasteiger partial charge < -0.3 is 15.0 Å². The SMILES string of the molecule is CCC1CCCCN1c1nncc(Nc2ccccc2Oc2ccccc2)n1. The minimum Gasteiger partial charge on any atom is -0.455 e. The van der Waals surface area contributed by atoms with Gasteiger partial charge in [0, 0.05) is 12.6 Å². The van der Waals surface area contributed by atoms with E-state index < -0.39 is 0 Å². The van der Waals surface area contributed by atoms with Crippen LogP contribution in [-0.4, -0.2) is 27.8 Å². The monoisotopic (exact) mass is 375 g/mol. The smallest absolute Gasteiger partial charge is 0.247 e. The summed E-state index contributed by atoms with van der Waals surface area (Å²) in [5.41, 5.74) is 0.837. The van der Waals surface area contributed by atoms with Crippen LogP contribution in [0.2, 0.25) is 0 Å². The number of rotatable bonds is 6. The molecule has 3 aromatic rings. The van der Waals surface area contributed by atoms with Crippen molar-refractivity contribution in [3.63, 3.8) is 0 Å². The van der Waals surface area contributed by atoms with Gasteiger partial charge in [-0.1, -0.05) is 37.3 Å². The number of nitrogens with zero attached hydrogens (tertiary/aromatic N) is 4. The van der Waals surface area contributed by atoms with Gasteiger partial charge in [-0.2, -0.15) is 10.1 Å². The van der Waals surface area contributed by atoms with Crippen molar-refractivity contribution in [3.05, 3.63) is 60.8 Å². The number of nitrogens with one attached hydrogen (secondary N) is 1. The summed E-state index contributed by atoms with van der Waals surface area (Å²) in [7, 11) is 0. The third-order valence-corrected chi connectivity index (χ3v) is 5.02. The lowest BCUT2D eigenvalue weighted by Gasteiger charge is -2.34. The van der Waals surface area contributed by atoms with Crippen LogP contribution < -0.4 is 15.0 Å². The zero-order valence-corrected chi connectivity index (χ0v) is 16.1. The Morgan fingerprint density at radius 2 is 1.89 bits per heavy atom. The van der Waals surface area contributed by atoms with Crippen LogP contribution in [0.15, 0.2) is 60.8 Å². The molecule has 1 fully saturated rings. The van der Waals surface area contributed by atoms with Crippen LogP contribution in [-0.2, 0) is 0 Å². The number of hydrogen-bond donors (Lipinski definition) is 1. The van der Waals surface area contributed by atoms with Crippen molar-refractivity contribution in [3.8, 4) is 11.5 Å². The van der Waals surface area contributed by atoms with Crippen molar-refractivity contribution in [1.29, 1.82) is 0 Å². The van der Waals surface area contributed by atoms with Gasteiger partial charge in [0.25, 0.3) is 0 Å². The first-order chi connectivity index (χ1) is 13.8. The largest absolute Gasteiger partial charge is 0.455 e. The molecule has 0 radical (unpaired) electrons. The molecule has 4 rings (SSSR count). The molecule has 2 heterocycles. The molecule has 0 aliphatic carbocycles. The van der Waals surface area contributed by atoms with Crippen LogP contribution in [0.3, 0.4) is 0 Å². The number of para-hydroxylation sites is 3. The number of hydrogen-bond acceptors (Lipinski definition) is 6. The quantitative estimate of drug-likeness (QED) is 0.641. The van der Waals surface area contributed by atoms with Gasteiger partial charge in [-0.05, 0) is 49.9 Å². The molecule has 1 atom stereocenters. The zero-order chi connectivity index (χ0) is 19.2. The Hall–Kier alpha value is -3.15. The number of anilines is 3. The summed E-state index contributed by atoms with van der Waals surface area (Å²) in [5, 5.41) is 11.8. The Morgan fingerprint density at radius 1 is 1.07 bits per heavy atom. The van der Waals surface area contributed by atoms with E-state index in [0.717, 1.165) is 30.2 Å². The third kappa shape index (κ3) is 4.22. The van der Waals surface area contributed by atoms with Gasteiger partial charge in [0.15, 0.2) is 11.6 Å². The highest BCUT2D eigenvalue weighted by molar-refractivity contribution is 5.64. The van der Waals surface area contributed by atoms with Gasteiger partial charge in [0.1, 0.15) is 5.75 Å². The first-order valence-electron chi connectivity index (χ1n) is 9.89. The predicted octanol–water partition coefficient (Wildman–Crippen LogP) is 5.18. The molecular weight excluding hydrogens is 350 g/mol. The first kappa shape index (κ1) is 18.2. The van der Waals surface area contributed by atoms with Crippen LogP contribution in [0.4, 0.5) is 17.5 Å². The summed E-state index contributed by atoms with van der Waals surface area (Å²) in [6, 6.07) is 18.0. The summed E-state index contributed by atoms with van der Waals surface area (Å²) in [4.78, 5) is 7.01. The molecule has 0 saturated carbocycles. The minimum absolute atomic E-state index is 0.486. The Labute approximate surface area is 165 Å². The van der Waals surface area contributed by atoms with Crippen molar-refractivity contribution in [2.24, 2.45) is 0 Å². The Balaban J connectivity index is 1.55. The molecule has 1 saturated heterocycles. The van der Waals surface area contributed by atoms with E-state index in [2.05, 4.69) is 27.3 Å². The van der Waals surface area contributed by atoms with Gasteiger partial charge in [0.05, 0.1) is 11.9 Å². The molecule has 1 N–H and O–H groups in total. The topological polar surface area (TPSA) is 63.2 Å². The molecule has 0 spiro atoms. The standard InChI is InChI=1S/C22H25N5O/c1-2-17-10-8-9-15-27(17)22-25-21(16-23-26-22)24-19-13-6-7-14-20(19)28-18-11-4-3-5-12-18/h3-7,11-14,16-17H,2,8-10,15H2,1H3,(H,24,25,26). The van der Waals surface area contributed by atoms with E-state index in [-0.39, 0.29) is 0 Å². The number of aromatic nitrogens is 3. The second kappa shape index (κ2) is 8.69. The molecule has 144 valence electrons. The maximum atomic E-state index is 6.03. The fourth-order valence-corrected chi connectivity index (χ4v) is 3.58. The van der Waals surface area contributed by atoms with Gasteiger partial charge in [-0.15, -0.1) is 5.10 Å². The summed E-state index contributed by atoms with van der Waals surface area (Å²) in [6.45, 7) is 3.20. The second-order valence-electron chi connectivity index (χ2n) is 6.93. The van der Waals surface area contributed by atoms with E-state index in [4.69, 9.17) is 9.72 Å². The molecule has 6 heteroatoms. The van der Waals surface area contributed by atoms with E-state index in [1.54, 1.807) is 6.20 Å². The number of piperidine rings is 1. The van der Waals surface area contributed by atoms with Gasteiger partial charge in [-0.25, -0.2) is 0 Å². The van der Waals surface area contributed by atoms with Gasteiger partial charge >= 0.3 is 0 Å². The number of benzene rings is 2. The Kier molecular flexibility index (Phi) is 5.66. The van der Waals surface area contributed by atoms with E-state index >= 15 is 0 Å². The van der Waals surface area contributed by atoms with Crippen molar-refractivity contribution < 1.29 is 4.74 Å². The van der Waals surface area contributed by atoms with E-state index in [9.17, 15) is 0 Å². The second-order valence-corrected chi connectivity index (χ2v) is 6.93. The Bertz CT molecular complexity index is 902. The van der Waals surface area contributed by atoms with E-state index in [1.165, 1.54) is 19.3 Å². The van der Waals surface area contributed by atoms with Crippen LogP contribution in [0.5, 0.6) is 11.5 Å². The van der Waals surface area contributed by atoms with Crippen LogP contribution in [0, 0.1) is 0 Å². The molecule has 1 aromatic heterocycles. The lowest BCUT2D eigenvalue weighted by molar-refractivity contribution is 0.442. The van der Waals surface area contributed by atoms with Crippen molar-refractivity contribution in [2.75, 3.05) is 16.8 Å². The van der Waals surface area contributed by atoms with Crippen molar-refractivity contribution >= 4 is 17.5 Å². The van der Waals surface area contributed by atoms with Crippen molar-refractivity contribution in [1.82, 2.24) is 15.2 Å². The minimum atomic E-state index is 0.486. The molecule has 0 bridgehead atoms. The van der Waals surface area contributed by atoms with E-state index in [0.29, 0.717) is 17.8 Å². The molecular formula is C22H25N5O. The van der Waals surface area contributed by atoms with Crippen LogP contribution >= 0.6 is 0 Å². The molecule has 1 aliphatic rings. The highest BCUT2D eigenvalue weighted by Gasteiger charge is 2.23. The maximum absolute atomic E-state index is 6.03. The highest BCUT2D eigenvalue weighted by atomic mass is 16.5. The highest BCUT2D eigenvalue weighted by Crippen LogP contribution is 2.31. The summed E-state index contributed by atoms with van der Waals surface area (Å²) < 4.78 is 6.03. The lowest BCUT2D eigenvalue weighted by atomic mass is 10.0. The third-order valence-electron chi connectivity index (χ3n) is 5.02. The van der Waals surface area contributed by atoms with Crippen LogP contribution in [0.1, 0.15) is 32.6 Å². The van der Waals surface area contributed by atoms with Gasteiger partial charge in [-0.3, -0.25) is 0 Å². The molecule has 1 unspecified atom stereocenters. The average molecular weight is 375 g/mol. The molecule has 0 amide bonds. The predicted molar refractivity (Wildman–Crippen MR) is 111 cm³/mol. The fraction of sp³-hybridized carbons (Fsp3) is 0.318. The summed E-state index contributed by atoms with van der Waals surface area (Å²) in [5.74, 6) is 2.88. The first-order valence-corrected chi connectivity index (χ1v) is 9.89. The van der Waals surface area contributed by atoms with E-state index in [1.807, 2.05) is 54.6 Å². The average Bonchev–Trinajstić information content (AvgIpc) is 2.76. The molecule has 1 aliphatic heterocycles. The van der Waals surface area contributed by atoms with Crippen LogP contribution in [0.25, 0.3) is 0 Å². The summed E-state index contributed by atoms with van der Waals surface area (Å²) in [6.07, 6.45) is 6.36. The normalized spacial score (nSPS) is 16.6. The van der Waals surface area contributed by atoms with Crippen molar-refractivity contribution in [2.45, 2.75) is 38.6 Å². The maximum Gasteiger partial charge on any atom is 0.247 e. The molecule has 28 heavy (non-hydrogen) atoms.